The van der Waals surface area contributed by atoms with Crippen LogP contribution in [0.3, 0.4) is 0 Å². The summed E-state index contributed by atoms with van der Waals surface area (Å²) in [6, 6.07) is 10.9. The van der Waals surface area contributed by atoms with Gasteiger partial charge in [0.25, 0.3) is 0 Å². The van der Waals surface area contributed by atoms with E-state index >= 15 is 0 Å². The molecule has 25 heavy (non-hydrogen) atoms. The number of rotatable bonds is 13. The molecule has 1 atom stereocenters. The Labute approximate surface area is 155 Å². The van der Waals surface area contributed by atoms with Crippen molar-refractivity contribution in [2.75, 3.05) is 11.4 Å². The first-order chi connectivity index (χ1) is 12.4. The molecule has 0 saturated carbocycles. The molecule has 2 nitrogen and oxygen atoms in total. The number of anilines is 1. The Bertz CT molecular complexity index is 468. The lowest BCUT2D eigenvalue weighted by Crippen LogP contribution is -2.39. The summed E-state index contributed by atoms with van der Waals surface area (Å²) in [5, 5.41) is 0. The molecule has 1 aromatic rings. The highest BCUT2D eigenvalue weighted by Gasteiger charge is 2.26. The first-order valence-electron chi connectivity index (χ1n) is 10.6. The smallest absolute Gasteiger partial charge is 0.105 e. The van der Waals surface area contributed by atoms with E-state index < -0.39 is 0 Å². The molecular weight excluding hydrogens is 304 g/mol. The molecule has 0 aromatic heterocycles. The summed E-state index contributed by atoms with van der Waals surface area (Å²) in [5.74, 6) is 0. The third kappa shape index (κ3) is 6.76. The quantitative estimate of drug-likeness (QED) is 0.358. The molecule has 140 valence electrons. The van der Waals surface area contributed by atoms with Crippen LogP contribution in [0.15, 0.2) is 42.7 Å². The minimum atomic E-state index is 0.509. The molecule has 1 aliphatic heterocycles. The van der Waals surface area contributed by atoms with Crippen LogP contribution in [-0.2, 0) is 0 Å². The van der Waals surface area contributed by atoms with Crippen molar-refractivity contribution in [3.8, 4) is 0 Å². The van der Waals surface area contributed by atoms with Gasteiger partial charge in [0.15, 0.2) is 0 Å². The highest BCUT2D eigenvalue weighted by atomic mass is 15.4. The minimum absolute atomic E-state index is 0.509. The van der Waals surface area contributed by atoms with E-state index in [1.54, 1.807) is 0 Å². The average Bonchev–Trinajstić information content (AvgIpc) is 3.05. The lowest BCUT2D eigenvalue weighted by atomic mass is 10.1. The van der Waals surface area contributed by atoms with Crippen LogP contribution in [0.5, 0.6) is 0 Å². The van der Waals surface area contributed by atoms with Gasteiger partial charge in [0.2, 0.25) is 0 Å². The van der Waals surface area contributed by atoms with Gasteiger partial charge in [-0.15, -0.1) is 0 Å². The summed E-state index contributed by atoms with van der Waals surface area (Å²) < 4.78 is 0. The number of hydrogen-bond acceptors (Lipinski definition) is 2. The van der Waals surface area contributed by atoms with Gasteiger partial charge in [-0.05, 0) is 31.4 Å². The zero-order valence-electron chi connectivity index (χ0n) is 16.5. The van der Waals surface area contributed by atoms with Crippen LogP contribution >= 0.6 is 0 Å². The molecule has 1 aliphatic rings. The molecular formula is C23H38N2. The maximum atomic E-state index is 2.57. The van der Waals surface area contributed by atoms with Crippen molar-refractivity contribution in [3.63, 3.8) is 0 Å². The van der Waals surface area contributed by atoms with Crippen molar-refractivity contribution in [1.29, 1.82) is 0 Å². The fourth-order valence-corrected chi connectivity index (χ4v) is 3.73. The monoisotopic (exact) mass is 342 g/mol. The second kappa shape index (κ2) is 12.0. The lowest BCUT2D eigenvalue weighted by Gasteiger charge is -2.33. The van der Waals surface area contributed by atoms with Gasteiger partial charge in [-0.2, -0.15) is 0 Å². The van der Waals surface area contributed by atoms with Crippen molar-refractivity contribution in [2.45, 2.75) is 90.6 Å². The fraction of sp³-hybridized carbons (Fsp3) is 0.652. The van der Waals surface area contributed by atoms with E-state index in [2.05, 4.69) is 66.4 Å². The van der Waals surface area contributed by atoms with Crippen molar-refractivity contribution < 1.29 is 0 Å². The summed E-state index contributed by atoms with van der Waals surface area (Å²) in [4.78, 5) is 5.04. The standard InChI is InChI=1S/C23H38N2/c1-3-5-7-8-9-10-14-18-23-24(19-15-6-4-2)20-21-25(23)22-16-12-11-13-17-22/h11-13,16-17,20-21,23H,3-10,14-15,18-19H2,1-2H3. The summed E-state index contributed by atoms with van der Waals surface area (Å²) >= 11 is 0. The molecule has 1 aromatic carbocycles. The molecule has 0 bridgehead atoms. The number of para-hydroxylation sites is 1. The number of nitrogens with zero attached hydrogens (tertiary/aromatic N) is 2. The normalized spacial score (nSPS) is 16.8. The van der Waals surface area contributed by atoms with Gasteiger partial charge >= 0.3 is 0 Å². The first-order valence-corrected chi connectivity index (χ1v) is 10.6. The molecule has 0 N–H and O–H groups in total. The third-order valence-corrected chi connectivity index (χ3v) is 5.26. The van der Waals surface area contributed by atoms with E-state index in [9.17, 15) is 0 Å². The molecule has 1 heterocycles. The molecule has 0 radical (unpaired) electrons. The maximum Gasteiger partial charge on any atom is 0.105 e. The molecule has 0 aliphatic carbocycles. The summed E-state index contributed by atoms with van der Waals surface area (Å²) in [7, 11) is 0. The second-order valence-corrected chi connectivity index (χ2v) is 7.38. The van der Waals surface area contributed by atoms with E-state index in [0.29, 0.717) is 6.17 Å². The number of unbranched alkanes of at least 4 members (excludes halogenated alkanes) is 8. The molecule has 1 unspecified atom stereocenters. The summed E-state index contributed by atoms with van der Waals surface area (Å²) in [5.41, 5.74) is 1.32. The Hall–Kier alpha value is -1.44. The molecule has 0 amide bonds. The van der Waals surface area contributed by atoms with Crippen LogP contribution in [0.1, 0.15) is 84.5 Å². The molecule has 0 spiro atoms. The zero-order valence-corrected chi connectivity index (χ0v) is 16.5. The van der Waals surface area contributed by atoms with Gasteiger partial charge in [0, 0.05) is 24.6 Å². The van der Waals surface area contributed by atoms with Crippen molar-refractivity contribution in [3.05, 3.63) is 42.7 Å². The Morgan fingerprint density at radius 2 is 1.36 bits per heavy atom. The zero-order chi connectivity index (χ0) is 17.7. The average molecular weight is 343 g/mol. The van der Waals surface area contributed by atoms with Crippen LogP contribution < -0.4 is 4.90 Å². The van der Waals surface area contributed by atoms with Crippen LogP contribution in [0.2, 0.25) is 0 Å². The number of hydrogen-bond donors (Lipinski definition) is 0. The van der Waals surface area contributed by atoms with Crippen molar-refractivity contribution in [2.24, 2.45) is 0 Å². The Morgan fingerprint density at radius 1 is 0.720 bits per heavy atom. The van der Waals surface area contributed by atoms with Gasteiger partial charge in [0.1, 0.15) is 6.17 Å². The van der Waals surface area contributed by atoms with Gasteiger partial charge in [-0.1, -0.05) is 83.4 Å². The fourth-order valence-electron chi connectivity index (χ4n) is 3.73. The van der Waals surface area contributed by atoms with Gasteiger partial charge < -0.3 is 9.80 Å². The SMILES string of the molecule is CCCCCCCCCC1N(CCCCC)C=CN1c1ccccc1. The predicted molar refractivity (Wildman–Crippen MR) is 111 cm³/mol. The van der Waals surface area contributed by atoms with Crippen LogP contribution in [-0.4, -0.2) is 17.6 Å². The largest absolute Gasteiger partial charge is 0.356 e. The van der Waals surface area contributed by atoms with Gasteiger partial charge in [0.05, 0.1) is 0 Å². The van der Waals surface area contributed by atoms with E-state index in [1.165, 1.54) is 82.9 Å². The van der Waals surface area contributed by atoms with Crippen LogP contribution in [0.4, 0.5) is 5.69 Å². The van der Waals surface area contributed by atoms with E-state index in [-0.39, 0.29) is 0 Å². The third-order valence-electron chi connectivity index (χ3n) is 5.26. The predicted octanol–water partition coefficient (Wildman–Crippen LogP) is 6.94. The second-order valence-electron chi connectivity index (χ2n) is 7.38. The topological polar surface area (TPSA) is 6.48 Å². The molecule has 0 fully saturated rings. The Morgan fingerprint density at radius 3 is 2.08 bits per heavy atom. The highest BCUT2D eigenvalue weighted by molar-refractivity contribution is 5.51. The van der Waals surface area contributed by atoms with Gasteiger partial charge in [-0.25, -0.2) is 0 Å². The Balaban J connectivity index is 1.83. The molecule has 0 saturated heterocycles. The van der Waals surface area contributed by atoms with Crippen LogP contribution in [0.25, 0.3) is 0 Å². The summed E-state index contributed by atoms with van der Waals surface area (Å²) in [6.07, 6.45) is 20.0. The lowest BCUT2D eigenvalue weighted by molar-refractivity contribution is 0.274. The van der Waals surface area contributed by atoms with Crippen molar-refractivity contribution >= 4 is 5.69 Å². The van der Waals surface area contributed by atoms with Gasteiger partial charge in [-0.3, -0.25) is 0 Å². The van der Waals surface area contributed by atoms with E-state index in [4.69, 9.17) is 0 Å². The van der Waals surface area contributed by atoms with E-state index in [1.807, 2.05) is 0 Å². The van der Waals surface area contributed by atoms with Crippen LogP contribution in [0, 0.1) is 0 Å². The molecule has 2 rings (SSSR count). The minimum Gasteiger partial charge on any atom is -0.356 e. The molecule has 2 heteroatoms. The maximum absolute atomic E-state index is 2.57. The van der Waals surface area contributed by atoms with Crippen molar-refractivity contribution in [1.82, 2.24) is 4.90 Å². The van der Waals surface area contributed by atoms with E-state index in [0.717, 1.165) is 0 Å². The first kappa shape index (κ1) is 19.9. The highest BCUT2D eigenvalue weighted by Crippen LogP contribution is 2.28. The summed E-state index contributed by atoms with van der Waals surface area (Å²) in [6.45, 7) is 5.76. The number of benzene rings is 1. The Kier molecular flexibility index (Phi) is 9.54.